The molecule has 2 amide bonds. The number of H-pyrrole nitrogens is 3. The van der Waals surface area contributed by atoms with Crippen LogP contribution in [0.4, 0.5) is 0 Å². The predicted octanol–water partition coefficient (Wildman–Crippen LogP) is 3.54. The zero-order valence-electron chi connectivity index (χ0n) is 23.3. The number of nitrogens with one attached hydrogen (secondary N) is 5. The van der Waals surface area contributed by atoms with Crippen LogP contribution in [0.25, 0.3) is 32.7 Å². The Kier molecular flexibility index (Phi) is 7.67. The van der Waals surface area contributed by atoms with Gasteiger partial charge in [0, 0.05) is 64.1 Å². The maximum absolute atomic E-state index is 13.7. The van der Waals surface area contributed by atoms with Crippen molar-refractivity contribution in [2.45, 2.75) is 37.4 Å². The van der Waals surface area contributed by atoms with Gasteiger partial charge in [-0.15, -0.1) is 0 Å². The third-order valence-corrected chi connectivity index (χ3v) is 7.90. The van der Waals surface area contributed by atoms with Crippen LogP contribution < -0.4 is 16.4 Å². The van der Waals surface area contributed by atoms with E-state index < -0.39 is 35.9 Å². The van der Waals surface area contributed by atoms with Gasteiger partial charge < -0.3 is 36.4 Å². The van der Waals surface area contributed by atoms with Crippen molar-refractivity contribution in [1.82, 2.24) is 25.6 Å². The average Bonchev–Trinajstić information content (AvgIpc) is 3.74. The SMILES string of the molecule is N[C@H](Cc1c[nH]c2ccccc12)C(=O)N[C@@H](Cc1c[nH]c2ccccc12)C(=O)N[C@H](Cc1c[nH]c2ccccc12)C(=O)O. The maximum atomic E-state index is 13.7. The highest BCUT2D eigenvalue weighted by Crippen LogP contribution is 2.22. The molecule has 0 saturated carbocycles. The van der Waals surface area contributed by atoms with Crippen LogP contribution >= 0.6 is 0 Å². The molecule has 10 heteroatoms. The molecule has 0 spiro atoms. The maximum Gasteiger partial charge on any atom is 0.326 e. The molecule has 0 fully saturated rings. The summed E-state index contributed by atoms with van der Waals surface area (Å²) in [7, 11) is 0. The molecular formula is C33H32N6O4. The minimum Gasteiger partial charge on any atom is -0.480 e. The minimum atomic E-state index is -1.21. The highest BCUT2D eigenvalue weighted by molar-refractivity contribution is 5.94. The summed E-state index contributed by atoms with van der Waals surface area (Å²) in [6, 6.07) is 19.7. The van der Waals surface area contributed by atoms with Crippen molar-refractivity contribution in [2.75, 3.05) is 0 Å². The lowest BCUT2D eigenvalue weighted by Crippen LogP contribution is -2.55. The quantitative estimate of drug-likeness (QED) is 0.125. The number of aromatic nitrogens is 3. The van der Waals surface area contributed by atoms with Gasteiger partial charge in [0.05, 0.1) is 6.04 Å². The van der Waals surface area contributed by atoms with E-state index >= 15 is 0 Å². The number of rotatable bonds is 11. The second-order valence-electron chi connectivity index (χ2n) is 10.8. The third-order valence-electron chi connectivity index (χ3n) is 7.90. The summed E-state index contributed by atoms with van der Waals surface area (Å²) in [6.45, 7) is 0. The summed E-state index contributed by atoms with van der Waals surface area (Å²) in [5.41, 5.74) is 11.5. The molecule has 0 saturated heterocycles. The molecule has 3 atom stereocenters. The lowest BCUT2D eigenvalue weighted by Gasteiger charge is -2.23. The van der Waals surface area contributed by atoms with E-state index in [4.69, 9.17) is 5.73 Å². The van der Waals surface area contributed by atoms with Crippen LogP contribution in [0, 0.1) is 0 Å². The van der Waals surface area contributed by atoms with Gasteiger partial charge in [0.25, 0.3) is 0 Å². The molecule has 0 aliphatic rings. The van der Waals surface area contributed by atoms with E-state index in [1.165, 1.54) is 0 Å². The van der Waals surface area contributed by atoms with Crippen molar-refractivity contribution >= 4 is 50.5 Å². The minimum absolute atomic E-state index is 0.0684. The van der Waals surface area contributed by atoms with Gasteiger partial charge in [0.15, 0.2) is 0 Å². The molecule has 6 rings (SSSR count). The Morgan fingerprint density at radius 1 is 0.605 bits per heavy atom. The molecule has 0 radical (unpaired) electrons. The van der Waals surface area contributed by atoms with Crippen LogP contribution in [0.1, 0.15) is 16.7 Å². The Balaban J connectivity index is 1.22. The van der Waals surface area contributed by atoms with Crippen molar-refractivity contribution in [3.63, 3.8) is 0 Å². The van der Waals surface area contributed by atoms with E-state index in [9.17, 15) is 19.5 Å². The standard InChI is InChI=1S/C33H32N6O4/c34-25(13-19-16-35-26-10-4-1-7-22(19)26)31(40)38-29(14-20-17-36-27-11-5-2-8-23(20)27)32(41)39-30(33(42)43)15-21-18-37-28-12-6-3-9-24(21)28/h1-12,16-18,25,29-30,35-37H,13-15,34H2,(H,38,40)(H,39,41)(H,42,43)/t25-,29+,30-/m1/s1. The summed E-state index contributed by atoms with van der Waals surface area (Å²) >= 11 is 0. The van der Waals surface area contributed by atoms with Crippen molar-refractivity contribution in [1.29, 1.82) is 0 Å². The monoisotopic (exact) mass is 576 g/mol. The van der Waals surface area contributed by atoms with E-state index in [1.807, 2.05) is 79.0 Å². The summed E-state index contributed by atoms with van der Waals surface area (Å²) < 4.78 is 0. The molecule has 10 nitrogen and oxygen atoms in total. The molecule has 3 aromatic carbocycles. The number of carboxylic acid groups (broad SMARTS) is 1. The van der Waals surface area contributed by atoms with Gasteiger partial charge in [-0.05, 0) is 41.3 Å². The Morgan fingerprint density at radius 2 is 1.00 bits per heavy atom. The number of fused-ring (bicyclic) bond motifs is 3. The molecule has 0 bridgehead atoms. The first-order valence-electron chi connectivity index (χ1n) is 14.1. The number of hydrogen-bond acceptors (Lipinski definition) is 4. The number of benzene rings is 3. The van der Waals surface area contributed by atoms with Crippen molar-refractivity contribution in [3.8, 4) is 0 Å². The highest BCUT2D eigenvalue weighted by atomic mass is 16.4. The summed E-state index contributed by atoms with van der Waals surface area (Å²) in [6.07, 6.45) is 5.84. The lowest BCUT2D eigenvalue weighted by molar-refractivity contribution is -0.142. The fourth-order valence-corrected chi connectivity index (χ4v) is 5.63. The third kappa shape index (κ3) is 5.86. The van der Waals surface area contributed by atoms with E-state index in [-0.39, 0.29) is 19.3 Å². The number of carbonyl (C=O) groups excluding carboxylic acids is 2. The van der Waals surface area contributed by atoms with E-state index in [0.717, 1.165) is 49.4 Å². The van der Waals surface area contributed by atoms with Crippen molar-refractivity contribution < 1.29 is 19.5 Å². The predicted molar refractivity (Wildman–Crippen MR) is 165 cm³/mol. The molecule has 3 heterocycles. The molecule has 43 heavy (non-hydrogen) atoms. The molecule has 3 aromatic heterocycles. The molecule has 0 aliphatic heterocycles. The average molecular weight is 577 g/mol. The highest BCUT2D eigenvalue weighted by Gasteiger charge is 2.30. The van der Waals surface area contributed by atoms with Crippen molar-refractivity contribution in [3.05, 3.63) is 108 Å². The van der Waals surface area contributed by atoms with E-state index in [0.29, 0.717) is 0 Å². The first-order chi connectivity index (χ1) is 20.9. The number of aromatic amines is 3. The fourth-order valence-electron chi connectivity index (χ4n) is 5.63. The Hall–Kier alpha value is -5.35. The first kappa shape index (κ1) is 27.8. The van der Waals surface area contributed by atoms with Crippen LogP contribution in [0.15, 0.2) is 91.4 Å². The molecule has 0 unspecified atom stereocenters. The van der Waals surface area contributed by atoms with Crippen LogP contribution in [-0.2, 0) is 33.6 Å². The Morgan fingerprint density at radius 3 is 1.47 bits per heavy atom. The normalized spacial score (nSPS) is 13.6. The topological polar surface area (TPSA) is 169 Å². The Bertz CT molecular complexity index is 1940. The second kappa shape index (κ2) is 11.9. The summed E-state index contributed by atoms with van der Waals surface area (Å²) in [5.74, 6) is -2.29. The van der Waals surface area contributed by atoms with Gasteiger partial charge >= 0.3 is 5.97 Å². The molecule has 8 N–H and O–H groups in total. The molecular weight excluding hydrogens is 544 g/mol. The number of carbonyl (C=O) groups is 3. The van der Waals surface area contributed by atoms with Gasteiger partial charge in [0.2, 0.25) is 11.8 Å². The van der Waals surface area contributed by atoms with Crippen LogP contribution in [-0.4, -0.2) is 56.0 Å². The number of nitrogens with two attached hydrogens (primary N) is 1. The smallest absolute Gasteiger partial charge is 0.326 e. The zero-order chi connectivity index (χ0) is 29.9. The van der Waals surface area contributed by atoms with Gasteiger partial charge in [-0.25, -0.2) is 4.79 Å². The van der Waals surface area contributed by atoms with E-state index in [1.54, 1.807) is 12.4 Å². The lowest BCUT2D eigenvalue weighted by atomic mass is 10.0. The second-order valence-corrected chi connectivity index (χ2v) is 10.8. The number of hydrogen-bond donors (Lipinski definition) is 7. The van der Waals surface area contributed by atoms with Gasteiger partial charge in [-0.1, -0.05) is 54.6 Å². The molecule has 0 aliphatic carbocycles. The number of para-hydroxylation sites is 3. The first-order valence-corrected chi connectivity index (χ1v) is 14.1. The van der Waals surface area contributed by atoms with Gasteiger partial charge in [-0.2, -0.15) is 0 Å². The van der Waals surface area contributed by atoms with Crippen LogP contribution in [0.5, 0.6) is 0 Å². The molecule has 218 valence electrons. The van der Waals surface area contributed by atoms with Crippen LogP contribution in [0.3, 0.4) is 0 Å². The largest absolute Gasteiger partial charge is 0.480 e. The number of amides is 2. The summed E-state index contributed by atoms with van der Waals surface area (Å²) in [5, 5.41) is 18.3. The van der Waals surface area contributed by atoms with E-state index in [2.05, 4.69) is 25.6 Å². The molecule has 6 aromatic rings. The zero-order valence-corrected chi connectivity index (χ0v) is 23.3. The number of aliphatic carboxylic acids is 1. The van der Waals surface area contributed by atoms with Gasteiger partial charge in [0.1, 0.15) is 12.1 Å². The van der Waals surface area contributed by atoms with Gasteiger partial charge in [-0.3, -0.25) is 9.59 Å². The van der Waals surface area contributed by atoms with Crippen LogP contribution in [0.2, 0.25) is 0 Å². The number of carboxylic acids is 1. The summed E-state index contributed by atoms with van der Waals surface area (Å²) in [4.78, 5) is 48.9. The Labute approximate surface area is 246 Å². The van der Waals surface area contributed by atoms with Crippen molar-refractivity contribution in [2.24, 2.45) is 5.73 Å². The fraction of sp³-hybridized carbons (Fsp3) is 0.182.